The molecule has 0 aliphatic carbocycles. The zero-order valence-corrected chi connectivity index (χ0v) is 12.2. The minimum Gasteiger partial charge on any atom is -0.313 e. The molecule has 0 radical (unpaired) electrons. The Balaban J connectivity index is 2.32. The summed E-state index contributed by atoms with van der Waals surface area (Å²) < 4.78 is 0. The maximum atomic E-state index is 3.49. The van der Waals surface area contributed by atoms with Gasteiger partial charge in [-0.2, -0.15) is 0 Å². The third kappa shape index (κ3) is 3.68. The van der Waals surface area contributed by atoms with E-state index in [1.165, 1.54) is 34.2 Å². The largest absolute Gasteiger partial charge is 0.313 e. The Hall–Kier alpha value is -1.60. The average Bonchev–Trinajstić information content (AvgIpc) is 2.38. The van der Waals surface area contributed by atoms with Crippen LogP contribution in [0, 0.1) is 13.8 Å². The number of hydrogen-bond acceptors (Lipinski definition) is 1. The summed E-state index contributed by atoms with van der Waals surface area (Å²) in [7, 11) is 0. The smallest absolute Gasteiger partial charge is 0.0211 e. The summed E-state index contributed by atoms with van der Waals surface area (Å²) in [6.07, 6.45) is 1.17. The minimum absolute atomic E-state index is 0.941. The van der Waals surface area contributed by atoms with Crippen molar-refractivity contribution >= 4 is 0 Å². The Labute approximate surface area is 116 Å². The second kappa shape index (κ2) is 6.53. The molecule has 0 bridgehead atoms. The highest BCUT2D eigenvalue weighted by atomic mass is 14.8. The lowest BCUT2D eigenvalue weighted by Gasteiger charge is -2.12. The van der Waals surface area contributed by atoms with E-state index in [-0.39, 0.29) is 0 Å². The monoisotopic (exact) mass is 253 g/mol. The lowest BCUT2D eigenvalue weighted by atomic mass is 9.96. The number of hydrogen-bond donors (Lipinski definition) is 1. The van der Waals surface area contributed by atoms with E-state index in [1.807, 2.05) is 0 Å². The Morgan fingerprint density at radius 3 is 2.32 bits per heavy atom. The summed E-state index contributed by atoms with van der Waals surface area (Å²) in [6.45, 7) is 8.53. The van der Waals surface area contributed by atoms with Crippen LogP contribution in [0.15, 0.2) is 42.5 Å². The van der Waals surface area contributed by atoms with Gasteiger partial charge in [-0.15, -0.1) is 0 Å². The molecule has 100 valence electrons. The molecule has 0 unspecified atom stereocenters. The van der Waals surface area contributed by atoms with E-state index in [4.69, 9.17) is 0 Å². The molecule has 0 aliphatic rings. The van der Waals surface area contributed by atoms with Crippen molar-refractivity contribution in [1.29, 1.82) is 0 Å². The summed E-state index contributed by atoms with van der Waals surface area (Å²) in [5.74, 6) is 0. The summed E-state index contributed by atoms with van der Waals surface area (Å²) >= 11 is 0. The Morgan fingerprint density at radius 2 is 1.63 bits per heavy atom. The van der Waals surface area contributed by atoms with Gasteiger partial charge in [-0.25, -0.2) is 0 Å². The maximum Gasteiger partial charge on any atom is 0.0211 e. The van der Waals surface area contributed by atoms with Crippen molar-refractivity contribution in [2.75, 3.05) is 6.54 Å². The van der Waals surface area contributed by atoms with Gasteiger partial charge in [0.05, 0.1) is 0 Å². The highest BCUT2D eigenvalue weighted by molar-refractivity contribution is 5.68. The molecule has 0 atom stereocenters. The lowest BCUT2D eigenvalue weighted by molar-refractivity contribution is 0.676. The highest BCUT2D eigenvalue weighted by Gasteiger charge is 2.05. The molecule has 0 aliphatic heterocycles. The predicted octanol–water partition coefficient (Wildman–Crippen LogP) is 4.47. The van der Waals surface area contributed by atoms with Crippen molar-refractivity contribution in [3.05, 3.63) is 59.2 Å². The van der Waals surface area contributed by atoms with E-state index in [2.05, 4.69) is 68.6 Å². The lowest BCUT2D eigenvalue weighted by Crippen LogP contribution is -2.14. The molecule has 2 aromatic rings. The Bertz CT molecular complexity index is 523. The molecule has 1 heteroatoms. The third-order valence-electron chi connectivity index (χ3n) is 3.29. The van der Waals surface area contributed by atoms with Crippen molar-refractivity contribution < 1.29 is 0 Å². The van der Waals surface area contributed by atoms with E-state index in [0.29, 0.717) is 0 Å². The van der Waals surface area contributed by atoms with Crippen molar-refractivity contribution in [1.82, 2.24) is 5.32 Å². The molecule has 0 amide bonds. The molecular weight excluding hydrogens is 230 g/mol. The second-order valence-corrected chi connectivity index (χ2v) is 5.21. The number of aryl methyl sites for hydroxylation is 2. The van der Waals surface area contributed by atoms with Crippen LogP contribution in [0.5, 0.6) is 0 Å². The van der Waals surface area contributed by atoms with Crippen LogP contribution in [0.4, 0.5) is 0 Å². The van der Waals surface area contributed by atoms with Gasteiger partial charge in [0.25, 0.3) is 0 Å². The minimum atomic E-state index is 0.941. The molecule has 0 saturated heterocycles. The molecule has 0 saturated carbocycles. The van der Waals surface area contributed by atoms with Gasteiger partial charge in [-0.1, -0.05) is 60.5 Å². The average molecular weight is 253 g/mol. The van der Waals surface area contributed by atoms with Gasteiger partial charge in [0.2, 0.25) is 0 Å². The summed E-state index contributed by atoms with van der Waals surface area (Å²) in [5.41, 5.74) is 6.70. The molecule has 0 aromatic heterocycles. The predicted molar refractivity (Wildman–Crippen MR) is 83.3 cm³/mol. The van der Waals surface area contributed by atoms with Crippen molar-refractivity contribution in [2.45, 2.75) is 33.7 Å². The molecule has 19 heavy (non-hydrogen) atoms. The SMILES string of the molecule is CCCNCc1ccccc1-c1cc(C)cc(C)c1. The first kappa shape index (κ1) is 13.8. The van der Waals surface area contributed by atoms with E-state index < -0.39 is 0 Å². The topological polar surface area (TPSA) is 12.0 Å². The van der Waals surface area contributed by atoms with Crippen molar-refractivity contribution in [2.24, 2.45) is 0 Å². The van der Waals surface area contributed by atoms with Crippen LogP contribution < -0.4 is 5.32 Å². The molecule has 0 fully saturated rings. The second-order valence-electron chi connectivity index (χ2n) is 5.21. The fraction of sp³-hybridized carbons (Fsp3) is 0.333. The number of nitrogens with one attached hydrogen (secondary N) is 1. The molecule has 1 N–H and O–H groups in total. The summed E-state index contributed by atoms with van der Waals surface area (Å²) in [5, 5.41) is 3.49. The number of benzene rings is 2. The fourth-order valence-electron chi connectivity index (χ4n) is 2.49. The Morgan fingerprint density at radius 1 is 0.947 bits per heavy atom. The summed E-state index contributed by atoms with van der Waals surface area (Å²) in [6, 6.07) is 15.4. The fourth-order valence-corrected chi connectivity index (χ4v) is 2.49. The van der Waals surface area contributed by atoms with Gasteiger partial charge in [0, 0.05) is 6.54 Å². The van der Waals surface area contributed by atoms with Crippen LogP contribution >= 0.6 is 0 Å². The molecule has 2 aromatic carbocycles. The van der Waals surface area contributed by atoms with Gasteiger partial charge in [-0.05, 0) is 43.5 Å². The number of rotatable bonds is 5. The van der Waals surface area contributed by atoms with Crippen LogP contribution in [-0.4, -0.2) is 6.54 Å². The molecular formula is C18H23N. The van der Waals surface area contributed by atoms with E-state index >= 15 is 0 Å². The first-order valence-electron chi connectivity index (χ1n) is 7.08. The molecule has 1 nitrogen and oxygen atoms in total. The quantitative estimate of drug-likeness (QED) is 0.775. The van der Waals surface area contributed by atoms with Gasteiger partial charge in [-0.3, -0.25) is 0 Å². The van der Waals surface area contributed by atoms with E-state index in [1.54, 1.807) is 0 Å². The van der Waals surface area contributed by atoms with Gasteiger partial charge in [0.15, 0.2) is 0 Å². The van der Waals surface area contributed by atoms with E-state index in [9.17, 15) is 0 Å². The molecule has 0 spiro atoms. The van der Waals surface area contributed by atoms with Crippen LogP contribution in [0.1, 0.15) is 30.0 Å². The van der Waals surface area contributed by atoms with E-state index in [0.717, 1.165) is 13.1 Å². The Kier molecular flexibility index (Phi) is 4.75. The van der Waals surface area contributed by atoms with Crippen LogP contribution in [-0.2, 0) is 6.54 Å². The van der Waals surface area contributed by atoms with Crippen molar-refractivity contribution in [3.63, 3.8) is 0 Å². The van der Waals surface area contributed by atoms with Crippen LogP contribution in [0.3, 0.4) is 0 Å². The third-order valence-corrected chi connectivity index (χ3v) is 3.29. The standard InChI is InChI=1S/C18H23N/c1-4-9-19-13-16-7-5-6-8-18(16)17-11-14(2)10-15(3)12-17/h5-8,10-12,19H,4,9,13H2,1-3H3. The van der Waals surface area contributed by atoms with Crippen LogP contribution in [0.2, 0.25) is 0 Å². The van der Waals surface area contributed by atoms with Crippen molar-refractivity contribution in [3.8, 4) is 11.1 Å². The first-order valence-corrected chi connectivity index (χ1v) is 7.08. The van der Waals surface area contributed by atoms with Gasteiger partial charge >= 0.3 is 0 Å². The first-order chi connectivity index (χ1) is 9.20. The van der Waals surface area contributed by atoms with Gasteiger partial charge < -0.3 is 5.32 Å². The normalized spacial score (nSPS) is 10.7. The maximum absolute atomic E-state index is 3.49. The zero-order chi connectivity index (χ0) is 13.7. The molecule has 2 rings (SSSR count). The zero-order valence-electron chi connectivity index (χ0n) is 12.2. The van der Waals surface area contributed by atoms with Crippen LogP contribution in [0.25, 0.3) is 11.1 Å². The highest BCUT2D eigenvalue weighted by Crippen LogP contribution is 2.25. The van der Waals surface area contributed by atoms with Gasteiger partial charge in [0.1, 0.15) is 0 Å². The summed E-state index contributed by atoms with van der Waals surface area (Å²) in [4.78, 5) is 0. The molecule has 0 heterocycles.